The number of hydrogen-bond donors (Lipinski definition) is 1. The molecule has 28 heavy (non-hydrogen) atoms. The van der Waals surface area contributed by atoms with Gasteiger partial charge in [-0.05, 0) is 25.1 Å². The molecule has 3 heterocycles. The summed E-state index contributed by atoms with van der Waals surface area (Å²) in [6, 6.07) is 16.4. The summed E-state index contributed by atoms with van der Waals surface area (Å²) in [6.07, 6.45) is 0. The number of fused-ring (bicyclic) bond motifs is 1. The lowest BCUT2D eigenvalue weighted by atomic mass is 10.2. The third-order valence-electron chi connectivity index (χ3n) is 3.89. The van der Waals surface area contributed by atoms with Gasteiger partial charge in [0.15, 0.2) is 11.5 Å². The van der Waals surface area contributed by atoms with Crippen LogP contribution in [0.1, 0.15) is 4.88 Å². The van der Waals surface area contributed by atoms with Crippen LogP contribution in [0, 0.1) is 6.92 Å². The van der Waals surface area contributed by atoms with Crippen LogP contribution >= 0.6 is 11.3 Å². The molecule has 8 nitrogen and oxygen atoms in total. The van der Waals surface area contributed by atoms with Crippen molar-refractivity contribution in [2.45, 2.75) is 11.1 Å². The van der Waals surface area contributed by atoms with E-state index >= 15 is 0 Å². The largest absolute Gasteiger partial charge is 0.475 e. The SMILES string of the molecule is Cc1ccc(S(=O)(=O)NCCOc2ccc3nnc(-c4ccccc4)n3n2)s1. The highest BCUT2D eigenvalue weighted by Gasteiger charge is 2.15. The Morgan fingerprint density at radius 2 is 1.89 bits per heavy atom. The van der Waals surface area contributed by atoms with Gasteiger partial charge in [-0.1, -0.05) is 30.3 Å². The number of rotatable bonds is 7. The Morgan fingerprint density at radius 3 is 2.64 bits per heavy atom. The monoisotopic (exact) mass is 415 g/mol. The van der Waals surface area contributed by atoms with E-state index in [1.807, 2.05) is 37.3 Å². The summed E-state index contributed by atoms with van der Waals surface area (Å²) in [5, 5.41) is 12.7. The average Bonchev–Trinajstić information content (AvgIpc) is 3.32. The number of ether oxygens (including phenoxy) is 1. The molecule has 10 heteroatoms. The van der Waals surface area contributed by atoms with Crippen LogP contribution in [0.15, 0.2) is 58.8 Å². The molecule has 0 saturated carbocycles. The molecule has 0 bridgehead atoms. The molecule has 144 valence electrons. The van der Waals surface area contributed by atoms with Crippen molar-refractivity contribution < 1.29 is 13.2 Å². The molecule has 0 fully saturated rings. The maximum atomic E-state index is 12.2. The zero-order valence-electron chi connectivity index (χ0n) is 14.9. The van der Waals surface area contributed by atoms with Crippen molar-refractivity contribution in [2.24, 2.45) is 0 Å². The maximum Gasteiger partial charge on any atom is 0.250 e. The van der Waals surface area contributed by atoms with Gasteiger partial charge in [-0.3, -0.25) is 0 Å². The lowest BCUT2D eigenvalue weighted by Crippen LogP contribution is -2.27. The van der Waals surface area contributed by atoms with Gasteiger partial charge in [0.25, 0.3) is 0 Å². The molecule has 0 radical (unpaired) electrons. The van der Waals surface area contributed by atoms with Gasteiger partial charge in [-0.2, -0.15) is 4.52 Å². The van der Waals surface area contributed by atoms with Crippen molar-refractivity contribution in [3.63, 3.8) is 0 Å². The fourth-order valence-electron chi connectivity index (χ4n) is 2.58. The molecular formula is C18H17N5O3S2. The molecule has 0 aliphatic rings. The standard InChI is InChI=1S/C18H17N5O3S2/c1-13-7-10-17(27-13)28(24,25)19-11-12-26-16-9-8-15-20-21-18(23(15)22-16)14-5-3-2-4-6-14/h2-10,19H,11-12H2,1H3. The van der Waals surface area contributed by atoms with Crippen LogP contribution in [0.25, 0.3) is 17.0 Å². The number of benzene rings is 1. The summed E-state index contributed by atoms with van der Waals surface area (Å²) in [5.41, 5.74) is 1.48. The van der Waals surface area contributed by atoms with Crippen molar-refractivity contribution in [3.8, 4) is 17.3 Å². The zero-order chi connectivity index (χ0) is 19.6. The first-order valence-electron chi connectivity index (χ1n) is 8.50. The smallest absolute Gasteiger partial charge is 0.250 e. The predicted molar refractivity (Wildman–Crippen MR) is 106 cm³/mol. The van der Waals surface area contributed by atoms with Gasteiger partial charge in [0.2, 0.25) is 15.9 Å². The highest BCUT2D eigenvalue weighted by molar-refractivity contribution is 7.91. The van der Waals surface area contributed by atoms with Crippen molar-refractivity contribution in [2.75, 3.05) is 13.2 Å². The third kappa shape index (κ3) is 3.88. The van der Waals surface area contributed by atoms with Crippen LogP contribution in [0.4, 0.5) is 0 Å². The molecule has 0 aliphatic heterocycles. The maximum absolute atomic E-state index is 12.2. The van der Waals surface area contributed by atoms with Crippen molar-refractivity contribution in [1.82, 2.24) is 24.5 Å². The van der Waals surface area contributed by atoms with E-state index in [9.17, 15) is 8.42 Å². The van der Waals surface area contributed by atoms with Crippen molar-refractivity contribution >= 4 is 27.0 Å². The highest BCUT2D eigenvalue weighted by atomic mass is 32.2. The minimum Gasteiger partial charge on any atom is -0.475 e. The summed E-state index contributed by atoms with van der Waals surface area (Å²) in [7, 11) is -3.52. The number of hydrogen-bond acceptors (Lipinski definition) is 7. The molecule has 4 aromatic rings. The van der Waals surface area contributed by atoms with Crippen LogP contribution in [0.3, 0.4) is 0 Å². The summed E-state index contributed by atoms with van der Waals surface area (Å²) in [6.45, 7) is 2.14. The molecule has 1 aromatic carbocycles. The van der Waals surface area contributed by atoms with E-state index in [1.165, 1.54) is 11.3 Å². The lowest BCUT2D eigenvalue weighted by Gasteiger charge is -2.07. The Labute approximate surface area is 165 Å². The molecule has 0 aliphatic carbocycles. The van der Waals surface area contributed by atoms with Crippen LogP contribution in [0.5, 0.6) is 5.88 Å². The first-order chi connectivity index (χ1) is 13.5. The molecule has 3 aromatic heterocycles. The average molecular weight is 416 g/mol. The van der Waals surface area contributed by atoms with Gasteiger partial charge in [-0.15, -0.1) is 26.6 Å². The first kappa shape index (κ1) is 18.5. The van der Waals surface area contributed by atoms with Crippen molar-refractivity contribution in [3.05, 3.63) is 59.5 Å². The number of aromatic nitrogens is 4. The predicted octanol–water partition coefficient (Wildman–Crippen LogP) is 2.52. The summed E-state index contributed by atoms with van der Waals surface area (Å²) < 4.78 is 34.4. The van der Waals surface area contributed by atoms with Crippen molar-refractivity contribution in [1.29, 1.82) is 0 Å². The normalized spacial score (nSPS) is 11.8. The van der Waals surface area contributed by atoms with Gasteiger partial charge >= 0.3 is 0 Å². The van der Waals surface area contributed by atoms with Gasteiger partial charge in [-0.25, -0.2) is 13.1 Å². The topological polar surface area (TPSA) is 98.5 Å². The molecule has 0 amide bonds. The first-order valence-corrected chi connectivity index (χ1v) is 10.8. The van der Waals surface area contributed by atoms with Crippen LogP contribution < -0.4 is 9.46 Å². The molecule has 0 atom stereocenters. The van der Waals surface area contributed by atoms with E-state index in [-0.39, 0.29) is 13.2 Å². The molecule has 1 N–H and O–H groups in total. The minimum absolute atomic E-state index is 0.132. The minimum atomic E-state index is -3.52. The van der Waals surface area contributed by atoms with E-state index in [4.69, 9.17) is 4.74 Å². The number of thiophene rings is 1. The third-order valence-corrected chi connectivity index (χ3v) is 6.85. The Hall–Kier alpha value is -2.82. The molecular weight excluding hydrogens is 398 g/mol. The lowest BCUT2D eigenvalue weighted by molar-refractivity contribution is 0.306. The summed E-state index contributed by atoms with van der Waals surface area (Å²) in [4.78, 5) is 0.942. The Kier molecular flexibility index (Phi) is 5.07. The van der Waals surface area contributed by atoms with Gasteiger partial charge < -0.3 is 4.74 Å². The second kappa shape index (κ2) is 7.66. The number of aryl methyl sites for hydroxylation is 1. The number of nitrogens with one attached hydrogen (secondary N) is 1. The second-order valence-corrected chi connectivity index (χ2v) is 9.22. The zero-order valence-corrected chi connectivity index (χ0v) is 16.6. The van der Waals surface area contributed by atoms with Gasteiger partial charge in [0.1, 0.15) is 10.8 Å². The number of sulfonamides is 1. The fourth-order valence-corrected chi connectivity index (χ4v) is 4.92. The van der Waals surface area contributed by atoms with Gasteiger partial charge in [0, 0.05) is 23.1 Å². The highest BCUT2D eigenvalue weighted by Crippen LogP contribution is 2.20. The molecule has 0 spiro atoms. The second-order valence-electron chi connectivity index (χ2n) is 5.94. The number of nitrogens with zero attached hydrogens (tertiary/aromatic N) is 4. The van der Waals surface area contributed by atoms with E-state index in [0.29, 0.717) is 21.6 Å². The molecule has 0 unspecified atom stereocenters. The van der Waals surface area contributed by atoms with Gasteiger partial charge in [0.05, 0.1) is 0 Å². The Bertz CT molecular complexity index is 1200. The van der Waals surface area contributed by atoms with E-state index in [2.05, 4.69) is 20.0 Å². The quantitative estimate of drug-likeness (QED) is 0.466. The Balaban J connectivity index is 1.43. The van der Waals surface area contributed by atoms with E-state index < -0.39 is 10.0 Å². The van der Waals surface area contributed by atoms with Crippen LogP contribution in [0.2, 0.25) is 0 Å². The van der Waals surface area contributed by atoms with Crippen LogP contribution in [-0.4, -0.2) is 41.4 Å². The fraction of sp³-hybridized carbons (Fsp3) is 0.167. The van der Waals surface area contributed by atoms with E-state index in [1.54, 1.807) is 28.8 Å². The summed E-state index contributed by atoms with van der Waals surface area (Å²) in [5.74, 6) is 0.963. The Morgan fingerprint density at radius 1 is 1.07 bits per heavy atom. The molecule has 0 saturated heterocycles. The van der Waals surface area contributed by atoms with Crippen LogP contribution in [-0.2, 0) is 10.0 Å². The molecule has 4 rings (SSSR count). The summed E-state index contributed by atoms with van der Waals surface area (Å²) >= 11 is 1.23. The van der Waals surface area contributed by atoms with E-state index in [0.717, 1.165) is 10.4 Å².